The number of aromatic amines is 1. The minimum atomic E-state index is -0.194. The largest absolute Gasteiger partial charge is 0.318 e. The Morgan fingerprint density at radius 1 is 1.30 bits per heavy atom. The van der Waals surface area contributed by atoms with Crippen LogP contribution in [-0.4, -0.2) is 35.7 Å². The molecule has 142 valence electrons. The number of nitrogens with one attached hydrogen (secondary N) is 2. The van der Waals surface area contributed by atoms with Crippen LogP contribution in [0.1, 0.15) is 60.5 Å². The quantitative estimate of drug-likeness (QED) is 0.741. The second-order valence-electron chi connectivity index (χ2n) is 8.16. The Morgan fingerprint density at radius 2 is 2.11 bits per heavy atom. The Kier molecular flexibility index (Phi) is 4.13. The number of carbonyl (C=O) groups is 1. The summed E-state index contributed by atoms with van der Waals surface area (Å²) in [7, 11) is 1.89. The van der Waals surface area contributed by atoms with Crippen molar-refractivity contribution >= 4 is 11.6 Å². The summed E-state index contributed by atoms with van der Waals surface area (Å²) < 4.78 is 3.58. The Balaban J connectivity index is 1.48. The minimum absolute atomic E-state index is 0.0322. The first-order valence-corrected chi connectivity index (χ1v) is 9.22. The third kappa shape index (κ3) is 3.39. The lowest BCUT2D eigenvalue weighted by Crippen LogP contribution is -2.23. The van der Waals surface area contributed by atoms with Gasteiger partial charge >= 0.3 is 0 Å². The van der Waals surface area contributed by atoms with Crippen molar-refractivity contribution < 1.29 is 4.79 Å². The zero-order valence-corrected chi connectivity index (χ0v) is 16.2. The average Bonchev–Trinajstić information content (AvgIpc) is 3.32. The van der Waals surface area contributed by atoms with E-state index < -0.39 is 0 Å². The molecule has 0 aliphatic heterocycles. The molecule has 1 amide bonds. The summed E-state index contributed by atoms with van der Waals surface area (Å²) in [5, 5.41) is 18.8. The van der Waals surface area contributed by atoms with E-state index in [2.05, 4.69) is 39.6 Å². The molecule has 3 aromatic rings. The lowest BCUT2D eigenvalue weighted by atomic mass is 9.76. The number of H-pyrrole nitrogens is 1. The van der Waals surface area contributed by atoms with Crippen LogP contribution in [0.3, 0.4) is 0 Å². The van der Waals surface area contributed by atoms with Crippen LogP contribution in [-0.2, 0) is 19.9 Å². The van der Waals surface area contributed by atoms with Crippen molar-refractivity contribution in [1.82, 2.24) is 29.8 Å². The summed E-state index contributed by atoms with van der Waals surface area (Å²) >= 11 is 0. The van der Waals surface area contributed by atoms with Crippen molar-refractivity contribution in [3.05, 3.63) is 47.3 Å². The molecule has 8 nitrogen and oxygen atoms in total. The number of hydrogen-bond donors (Lipinski definition) is 2. The van der Waals surface area contributed by atoms with Crippen molar-refractivity contribution in [2.45, 2.75) is 46.1 Å². The molecule has 27 heavy (non-hydrogen) atoms. The van der Waals surface area contributed by atoms with Gasteiger partial charge in [0.15, 0.2) is 5.69 Å². The van der Waals surface area contributed by atoms with Gasteiger partial charge in [-0.25, -0.2) is 0 Å². The smallest absolute Gasteiger partial charge is 0.276 e. The van der Waals surface area contributed by atoms with Crippen LogP contribution in [0.25, 0.3) is 0 Å². The number of hydrogen-bond acceptors (Lipinski definition) is 4. The first-order chi connectivity index (χ1) is 12.8. The van der Waals surface area contributed by atoms with E-state index in [1.807, 2.05) is 37.2 Å². The molecule has 0 bridgehead atoms. The normalized spacial score (nSPS) is 16.7. The second kappa shape index (κ2) is 6.37. The molecule has 0 aromatic carbocycles. The van der Waals surface area contributed by atoms with Crippen LogP contribution >= 0.6 is 0 Å². The lowest BCUT2D eigenvalue weighted by molar-refractivity contribution is 0.102. The molecule has 8 heteroatoms. The van der Waals surface area contributed by atoms with Gasteiger partial charge in [0.25, 0.3) is 5.91 Å². The van der Waals surface area contributed by atoms with Gasteiger partial charge in [-0.2, -0.15) is 15.3 Å². The maximum absolute atomic E-state index is 12.7. The summed E-state index contributed by atoms with van der Waals surface area (Å²) in [6, 6.07) is 0.0322. The van der Waals surface area contributed by atoms with E-state index in [1.165, 1.54) is 0 Å². The highest BCUT2D eigenvalue weighted by Crippen LogP contribution is 2.35. The van der Waals surface area contributed by atoms with Crippen molar-refractivity contribution in [3.8, 4) is 0 Å². The third-order valence-corrected chi connectivity index (χ3v) is 5.34. The van der Waals surface area contributed by atoms with E-state index in [9.17, 15) is 4.79 Å². The fourth-order valence-corrected chi connectivity index (χ4v) is 3.65. The molecule has 1 aliphatic rings. The van der Waals surface area contributed by atoms with Crippen LogP contribution in [0, 0.1) is 5.41 Å². The molecule has 1 atom stereocenters. The molecule has 1 aliphatic carbocycles. The number of aromatic nitrogens is 6. The van der Waals surface area contributed by atoms with Gasteiger partial charge in [-0.15, -0.1) is 0 Å². The summed E-state index contributed by atoms with van der Waals surface area (Å²) in [5.74, 6) is -0.194. The fourth-order valence-electron chi connectivity index (χ4n) is 3.65. The molecule has 0 spiro atoms. The van der Waals surface area contributed by atoms with Crippen LogP contribution in [0.15, 0.2) is 24.8 Å². The van der Waals surface area contributed by atoms with E-state index in [1.54, 1.807) is 10.9 Å². The van der Waals surface area contributed by atoms with Crippen molar-refractivity contribution in [3.63, 3.8) is 0 Å². The number of amides is 1. The predicted molar refractivity (Wildman–Crippen MR) is 102 cm³/mol. The second-order valence-corrected chi connectivity index (χ2v) is 8.16. The molecular formula is C19H25N7O. The van der Waals surface area contributed by atoms with E-state index in [0.29, 0.717) is 11.4 Å². The fraction of sp³-hybridized carbons (Fsp3) is 0.474. The molecule has 4 rings (SSSR count). The highest BCUT2D eigenvalue weighted by Gasteiger charge is 2.30. The van der Waals surface area contributed by atoms with Crippen LogP contribution in [0.4, 0.5) is 5.69 Å². The van der Waals surface area contributed by atoms with Gasteiger partial charge in [0.05, 0.1) is 24.1 Å². The standard InChI is InChI=1S/C19H25N7O/c1-12(13-8-20-25(4)10-13)26-11-14(9-21-26)22-18(27)17-15-5-6-19(2,3)7-16(15)23-24-17/h8-12H,5-7H2,1-4H3,(H,22,27)(H,23,24). The van der Waals surface area contributed by atoms with Gasteiger partial charge in [0.1, 0.15) is 0 Å². The molecule has 0 fully saturated rings. The van der Waals surface area contributed by atoms with Gasteiger partial charge in [-0.1, -0.05) is 13.8 Å². The Bertz CT molecular complexity index is 978. The molecule has 0 saturated heterocycles. The summed E-state index contributed by atoms with van der Waals surface area (Å²) in [5.41, 5.74) is 4.58. The molecule has 1 unspecified atom stereocenters. The topological polar surface area (TPSA) is 93.4 Å². The van der Waals surface area contributed by atoms with Gasteiger partial charge in [0, 0.05) is 36.3 Å². The van der Waals surface area contributed by atoms with Crippen molar-refractivity contribution in [1.29, 1.82) is 0 Å². The Hall–Kier alpha value is -2.90. The Labute approximate surface area is 158 Å². The highest BCUT2D eigenvalue weighted by molar-refractivity contribution is 6.03. The third-order valence-electron chi connectivity index (χ3n) is 5.34. The number of nitrogens with zero attached hydrogens (tertiary/aromatic N) is 5. The van der Waals surface area contributed by atoms with E-state index >= 15 is 0 Å². The van der Waals surface area contributed by atoms with Gasteiger partial charge < -0.3 is 5.32 Å². The molecule has 2 N–H and O–H groups in total. The molecule has 0 radical (unpaired) electrons. The number of carbonyl (C=O) groups excluding carboxylic acids is 1. The molecule has 3 heterocycles. The summed E-state index contributed by atoms with van der Waals surface area (Å²) in [6.07, 6.45) is 10.1. The number of anilines is 1. The first kappa shape index (κ1) is 17.5. The zero-order chi connectivity index (χ0) is 19.2. The van der Waals surface area contributed by atoms with Crippen molar-refractivity contribution in [2.75, 3.05) is 5.32 Å². The van der Waals surface area contributed by atoms with Gasteiger partial charge in [-0.3, -0.25) is 19.3 Å². The summed E-state index contributed by atoms with van der Waals surface area (Å²) in [4.78, 5) is 12.7. The minimum Gasteiger partial charge on any atom is -0.318 e. The van der Waals surface area contributed by atoms with Crippen LogP contribution in [0.5, 0.6) is 0 Å². The van der Waals surface area contributed by atoms with Gasteiger partial charge in [-0.05, 0) is 31.6 Å². The first-order valence-electron chi connectivity index (χ1n) is 9.22. The zero-order valence-electron chi connectivity index (χ0n) is 16.2. The van der Waals surface area contributed by atoms with E-state index in [-0.39, 0.29) is 17.4 Å². The average molecular weight is 367 g/mol. The maximum Gasteiger partial charge on any atom is 0.276 e. The highest BCUT2D eigenvalue weighted by atomic mass is 16.2. The number of fused-ring (bicyclic) bond motifs is 1. The number of rotatable bonds is 4. The van der Waals surface area contributed by atoms with Crippen LogP contribution < -0.4 is 5.32 Å². The summed E-state index contributed by atoms with van der Waals surface area (Å²) in [6.45, 7) is 6.53. The predicted octanol–water partition coefficient (Wildman–Crippen LogP) is 2.72. The van der Waals surface area contributed by atoms with E-state index in [0.717, 1.165) is 36.1 Å². The van der Waals surface area contributed by atoms with E-state index in [4.69, 9.17) is 0 Å². The Morgan fingerprint density at radius 3 is 2.85 bits per heavy atom. The van der Waals surface area contributed by atoms with Gasteiger partial charge in [0.2, 0.25) is 0 Å². The monoisotopic (exact) mass is 367 g/mol. The van der Waals surface area contributed by atoms with Crippen LogP contribution in [0.2, 0.25) is 0 Å². The molecule has 0 saturated carbocycles. The van der Waals surface area contributed by atoms with Crippen molar-refractivity contribution in [2.24, 2.45) is 12.5 Å². The number of aryl methyl sites for hydroxylation is 1. The molecular weight excluding hydrogens is 342 g/mol. The maximum atomic E-state index is 12.7. The molecule has 3 aromatic heterocycles. The lowest BCUT2D eigenvalue weighted by Gasteiger charge is -2.28. The SMILES string of the molecule is CC(c1cnn(C)c1)n1cc(NC(=O)c2n[nH]c3c2CCC(C)(C)C3)cn1.